The van der Waals surface area contributed by atoms with Crippen LogP contribution in [0.15, 0.2) is 18.2 Å². The number of carbonyl (C=O) groups excluding carboxylic acids is 1. The van der Waals surface area contributed by atoms with Gasteiger partial charge in [-0.1, -0.05) is 32.4 Å². The molecular weight excluding hydrogens is 260 g/mol. The summed E-state index contributed by atoms with van der Waals surface area (Å²) in [4.78, 5) is 10.7. The van der Waals surface area contributed by atoms with Crippen LogP contribution in [-0.2, 0) is 0 Å². The summed E-state index contributed by atoms with van der Waals surface area (Å²) >= 11 is 6.15. The zero-order valence-corrected chi connectivity index (χ0v) is 12.5. The molecule has 0 bridgehead atoms. The molecule has 0 N–H and O–H groups in total. The van der Waals surface area contributed by atoms with Crippen LogP contribution in [0.1, 0.15) is 50.4 Å². The van der Waals surface area contributed by atoms with Crippen molar-refractivity contribution in [3.63, 3.8) is 0 Å². The second-order valence-corrected chi connectivity index (χ2v) is 6.87. The van der Waals surface area contributed by atoms with Crippen LogP contribution in [0.3, 0.4) is 0 Å². The maximum atomic E-state index is 10.7. The van der Waals surface area contributed by atoms with Crippen LogP contribution in [0.25, 0.3) is 0 Å². The Hall–Kier alpha value is -1.02. The van der Waals surface area contributed by atoms with E-state index in [9.17, 15) is 4.79 Å². The molecule has 1 aliphatic rings. The zero-order chi connectivity index (χ0) is 14.0. The van der Waals surface area contributed by atoms with E-state index in [0.29, 0.717) is 27.7 Å². The van der Waals surface area contributed by atoms with Crippen LogP contribution in [0.2, 0.25) is 5.02 Å². The van der Waals surface area contributed by atoms with Crippen LogP contribution in [0.5, 0.6) is 5.75 Å². The topological polar surface area (TPSA) is 26.3 Å². The zero-order valence-electron chi connectivity index (χ0n) is 11.8. The van der Waals surface area contributed by atoms with Gasteiger partial charge in [0, 0.05) is 5.56 Å². The fraction of sp³-hybridized carbons (Fsp3) is 0.562. The van der Waals surface area contributed by atoms with Gasteiger partial charge in [-0.3, -0.25) is 4.79 Å². The van der Waals surface area contributed by atoms with Gasteiger partial charge in [0.2, 0.25) is 0 Å². The summed E-state index contributed by atoms with van der Waals surface area (Å²) in [6, 6.07) is 5.19. The van der Waals surface area contributed by atoms with E-state index < -0.39 is 0 Å². The molecule has 1 saturated carbocycles. The molecule has 1 aromatic carbocycles. The van der Waals surface area contributed by atoms with E-state index in [-0.39, 0.29) is 6.10 Å². The van der Waals surface area contributed by atoms with Crippen molar-refractivity contribution in [2.75, 3.05) is 0 Å². The number of rotatable bonds is 3. The molecule has 2 nitrogen and oxygen atoms in total. The lowest BCUT2D eigenvalue weighted by atomic mass is 9.71. The monoisotopic (exact) mass is 280 g/mol. The summed E-state index contributed by atoms with van der Waals surface area (Å²) in [5, 5.41) is 0.514. The number of hydrogen-bond acceptors (Lipinski definition) is 2. The van der Waals surface area contributed by atoms with Gasteiger partial charge >= 0.3 is 0 Å². The van der Waals surface area contributed by atoms with Gasteiger partial charge in [0.1, 0.15) is 12.0 Å². The molecular formula is C16H21ClO2. The van der Waals surface area contributed by atoms with Gasteiger partial charge in [-0.15, -0.1) is 0 Å². The number of aldehydes is 1. The van der Waals surface area contributed by atoms with Crippen LogP contribution in [0.4, 0.5) is 0 Å². The summed E-state index contributed by atoms with van der Waals surface area (Å²) in [5.74, 6) is 1.35. The molecule has 2 unspecified atom stereocenters. The summed E-state index contributed by atoms with van der Waals surface area (Å²) in [7, 11) is 0. The molecule has 0 heterocycles. The lowest BCUT2D eigenvalue weighted by molar-refractivity contribution is 0.0563. The number of carbonyl (C=O) groups is 1. The van der Waals surface area contributed by atoms with Crippen molar-refractivity contribution in [1.82, 2.24) is 0 Å². The second-order valence-electron chi connectivity index (χ2n) is 6.46. The molecule has 2 rings (SSSR count). The Morgan fingerprint density at radius 2 is 2.11 bits per heavy atom. The van der Waals surface area contributed by atoms with E-state index in [2.05, 4.69) is 20.8 Å². The number of hydrogen-bond donors (Lipinski definition) is 0. The Morgan fingerprint density at radius 3 is 2.68 bits per heavy atom. The van der Waals surface area contributed by atoms with E-state index in [4.69, 9.17) is 16.3 Å². The molecule has 1 aromatic rings. The van der Waals surface area contributed by atoms with E-state index in [1.165, 1.54) is 6.42 Å². The minimum atomic E-state index is 0.207. The SMILES string of the molecule is CC1CC(Oc2ccc(C=O)cc2Cl)CC(C)(C)C1. The van der Waals surface area contributed by atoms with Crippen LogP contribution in [0, 0.1) is 11.3 Å². The maximum Gasteiger partial charge on any atom is 0.150 e. The van der Waals surface area contributed by atoms with Crippen molar-refractivity contribution >= 4 is 17.9 Å². The Balaban J connectivity index is 2.10. The molecule has 0 radical (unpaired) electrons. The maximum absolute atomic E-state index is 10.7. The van der Waals surface area contributed by atoms with E-state index in [0.717, 1.165) is 19.1 Å². The largest absolute Gasteiger partial charge is 0.489 e. The van der Waals surface area contributed by atoms with Gasteiger partial charge < -0.3 is 4.74 Å². The summed E-state index contributed by atoms with van der Waals surface area (Å²) < 4.78 is 6.04. The average molecular weight is 281 g/mol. The molecule has 0 amide bonds. The molecule has 0 aromatic heterocycles. The van der Waals surface area contributed by atoms with Crippen molar-refractivity contribution < 1.29 is 9.53 Å². The third kappa shape index (κ3) is 3.73. The van der Waals surface area contributed by atoms with E-state index in [1.807, 2.05) is 0 Å². The van der Waals surface area contributed by atoms with Gasteiger partial charge in [-0.2, -0.15) is 0 Å². The lowest BCUT2D eigenvalue weighted by Crippen LogP contribution is -2.34. The summed E-state index contributed by atoms with van der Waals surface area (Å²) in [5.41, 5.74) is 0.895. The highest BCUT2D eigenvalue weighted by atomic mass is 35.5. The standard InChI is InChI=1S/C16H21ClO2/c1-11-6-13(9-16(2,3)8-11)19-15-5-4-12(10-18)7-14(15)17/h4-5,7,10-11,13H,6,8-9H2,1-3H3. The molecule has 104 valence electrons. The fourth-order valence-electron chi connectivity index (χ4n) is 3.21. The first kappa shape index (κ1) is 14.4. The Kier molecular flexibility index (Phi) is 4.19. The van der Waals surface area contributed by atoms with Crippen molar-refractivity contribution in [2.24, 2.45) is 11.3 Å². The number of halogens is 1. The molecule has 0 saturated heterocycles. The van der Waals surface area contributed by atoms with Crippen molar-refractivity contribution in [1.29, 1.82) is 0 Å². The van der Waals surface area contributed by atoms with Crippen molar-refractivity contribution in [2.45, 2.75) is 46.1 Å². The fourth-order valence-corrected chi connectivity index (χ4v) is 3.45. The van der Waals surface area contributed by atoms with Crippen LogP contribution >= 0.6 is 11.6 Å². The average Bonchev–Trinajstić information content (AvgIpc) is 2.29. The molecule has 2 atom stereocenters. The smallest absolute Gasteiger partial charge is 0.150 e. The van der Waals surface area contributed by atoms with Gasteiger partial charge in [-0.25, -0.2) is 0 Å². The molecule has 0 aliphatic heterocycles. The second kappa shape index (κ2) is 5.54. The van der Waals surface area contributed by atoms with Crippen LogP contribution < -0.4 is 4.74 Å². The first-order chi connectivity index (χ1) is 8.89. The minimum absolute atomic E-state index is 0.207. The first-order valence-corrected chi connectivity index (χ1v) is 7.19. The normalized spacial score (nSPS) is 25.9. The molecule has 0 spiro atoms. The molecule has 1 aliphatic carbocycles. The number of benzene rings is 1. The molecule has 3 heteroatoms. The predicted octanol–water partition coefficient (Wildman–Crippen LogP) is 4.75. The molecule has 19 heavy (non-hydrogen) atoms. The molecule has 1 fully saturated rings. The quantitative estimate of drug-likeness (QED) is 0.747. The Morgan fingerprint density at radius 1 is 1.37 bits per heavy atom. The van der Waals surface area contributed by atoms with Crippen LogP contribution in [-0.4, -0.2) is 12.4 Å². The highest BCUT2D eigenvalue weighted by Crippen LogP contribution is 2.40. The van der Waals surface area contributed by atoms with Gasteiger partial charge in [0.05, 0.1) is 11.1 Å². The predicted molar refractivity (Wildman–Crippen MR) is 78.1 cm³/mol. The van der Waals surface area contributed by atoms with E-state index >= 15 is 0 Å². The summed E-state index contributed by atoms with van der Waals surface area (Å²) in [6.45, 7) is 6.85. The lowest BCUT2D eigenvalue weighted by Gasteiger charge is -2.38. The summed E-state index contributed by atoms with van der Waals surface area (Å²) in [6.07, 6.45) is 4.35. The minimum Gasteiger partial charge on any atom is -0.489 e. The number of ether oxygens (including phenoxy) is 1. The first-order valence-electron chi connectivity index (χ1n) is 6.81. The highest BCUT2D eigenvalue weighted by Gasteiger charge is 2.33. The van der Waals surface area contributed by atoms with Gasteiger partial charge in [0.25, 0.3) is 0 Å². The Bertz CT molecular complexity index is 468. The highest BCUT2D eigenvalue weighted by molar-refractivity contribution is 6.32. The third-order valence-electron chi connectivity index (χ3n) is 3.73. The third-order valence-corrected chi connectivity index (χ3v) is 4.03. The Labute approximate surface area is 120 Å². The van der Waals surface area contributed by atoms with Gasteiger partial charge in [-0.05, 0) is 48.8 Å². The van der Waals surface area contributed by atoms with Crippen molar-refractivity contribution in [3.05, 3.63) is 28.8 Å². The van der Waals surface area contributed by atoms with Gasteiger partial charge in [0.15, 0.2) is 0 Å². The van der Waals surface area contributed by atoms with Crippen molar-refractivity contribution in [3.8, 4) is 5.75 Å². The van der Waals surface area contributed by atoms with E-state index in [1.54, 1.807) is 18.2 Å².